The van der Waals surface area contributed by atoms with Crippen LogP contribution in [0.4, 0.5) is 10.1 Å². The molecule has 0 aliphatic rings. The molecule has 0 N–H and O–H groups in total. The highest BCUT2D eigenvalue weighted by atomic mass is 35.5. The van der Waals surface area contributed by atoms with Crippen LogP contribution in [0.1, 0.15) is 25.0 Å². The summed E-state index contributed by atoms with van der Waals surface area (Å²) in [6, 6.07) is 8.02. The Kier molecular flexibility index (Phi) is 6.21. The van der Waals surface area contributed by atoms with Gasteiger partial charge >= 0.3 is 0 Å². The summed E-state index contributed by atoms with van der Waals surface area (Å²) in [7, 11) is 0. The second kappa shape index (κ2) is 8.15. The molecule has 0 saturated carbocycles. The fourth-order valence-corrected chi connectivity index (χ4v) is 2.48. The van der Waals surface area contributed by atoms with Crippen molar-refractivity contribution in [2.75, 3.05) is 13.1 Å². The molecule has 0 fully saturated rings. The minimum absolute atomic E-state index is 0.305. The highest BCUT2D eigenvalue weighted by Crippen LogP contribution is 2.32. The molecule has 0 bridgehead atoms. The van der Waals surface area contributed by atoms with Crippen LogP contribution in [-0.2, 0) is 0 Å². The number of hydrogen-bond donors (Lipinski definition) is 0. The largest absolute Gasteiger partial charge is 0.457 e. The van der Waals surface area contributed by atoms with Crippen LogP contribution < -0.4 is 4.74 Å². The first kappa shape index (κ1) is 18.3. The summed E-state index contributed by atoms with van der Waals surface area (Å²) in [6.07, 6.45) is 1.86. The standard InChI is InChI=1S/C19H22ClFN2O/c1-5-23(6-2)12-22-18-7-14(4)19(8-13(18)3)24-17-10-15(20)9-16(21)11-17/h7-12H,5-6H2,1-4H3/b22-12+. The highest BCUT2D eigenvalue weighted by molar-refractivity contribution is 6.30. The smallest absolute Gasteiger partial charge is 0.131 e. The van der Waals surface area contributed by atoms with E-state index in [4.69, 9.17) is 16.3 Å². The van der Waals surface area contributed by atoms with E-state index in [1.807, 2.05) is 32.3 Å². The summed E-state index contributed by atoms with van der Waals surface area (Å²) < 4.78 is 19.2. The van der Waals surface area contributed by atoms with Crippen LogP contribution >= 0.6 is 11.6 Å². The third-order valence-electron chi connectivity index (χ3n) is 3.73. The SMILES string of the molecule is CCN(/C=N/c1cc(C)c(Oc2cc(F)cc(Cl)c2)cc1C)CC. The van der Waals surface area contributed by atoms with E-state index in [-0.39, 0.29) is 0 Å². The van der Waals surface area contributed by atoms with Crippen molar-refractivity contribution in [1.82, 2.24) is 4.90 Å². The monoisotopic (exact) mass is 348 g/mol. The Morgan fingerprint density at radius 3 is 2.42 bits per heavy atom. The number of aliphatic imine (C=N–C) groups is 1. The molecule has 0 atom stereocenters. The van der Waals surface area contributed by atoms with E-state index < -0.39 is 5.82 Å². The van der Waals surface area contributed by atoms with Crippen molar-refractivity contribution in [3.05, 3.63) is 52.3 Å². The van der Waals surface area contributed by atoms with Crippen molar-refractivity contribution < 1.29 is 9.13 Å². The molecule has 0 amide bonds. The molecule has 5 heteroatoms. The molecule has 0 aliphatic heterocycles. The van der Waals surface area contributed by atoms with Gasteiger partial charge in [-0.15, -0.1) is 0 Å². The number of halogens is 2. The van der Waals surface area contributed by atoms with Gasteiger partial charge in [-0.1, -0.05) is 11.6 Å². The zero-order valence-electron chi connectivity index (χ0n) is 14.4. The molecular formula is C19H22ClFN2O. The molecule has 2 aromatic rings. The zero-order chi connectivity index (χ0) is 17.7. The lowest BCUT2D eigenvalue weighted by atomic mass is 10.1. The quantitative estimate of drug-likeness (QED) is 0.480. The fraction of sp³-hybridized carbons (Fsp3) is 0.316. The van der Waals surface area contributed by atoms with E-state index in [0.717, 1.165) is 29.9 Å². The molecular weight excluding hydrogens is 327 g/mol. The van der Waals surface area contributed by atoms with Crippen LogP contribution in [-0.4, -0.2) is 24.3 Å². The summed E-state index contributed by atoms with van der Waals surface area (Å²) in [5.74, 6) is 0.616. The summed E-state index contributed by atoms with van der Waals surface area (Å²) >= 11 is 5.87. The maximum atomic E-state index is 13.4. The lowest BCUT2D eigenvalue weighted by molar-refractivity contribution is 0.472. The van der Waals surface area contributed by atoms with Gasteiger partial charge in [-0.2, -0.15) is 0 Å². The number of benzene rings is 2. The van der Waals surface area contributed by atoms with Crippen LogP contribution in [0.25, 0.3) is 0 Å². The Balaban J connectivity index is 2.26. The first-order chi connectivity index (χ1) is 11.4. The first-order valence-electron chi connectivity index (χ1n) is 7.96. The summed E-state index contributed by atoms with van der Waals surface area (Å²) in [5, 5.41) is 0.305. The number of aryl methyl sites for hydroxylation is 2. The normalized spacial score (nSPS) is 11.1. The molecule has 2 aromatic carbocycles. The van der Waals surface area contributed by atoms with E-state index in [1.165, 1.54) is 12.1 Å². The van der Waals surface area contributed by atoms with E-state index in [1.54, 1.807) is 6.07 Å². The van der Waals surface area contributed by atoms with Gasteiger partial charge < -0.3 is 9.64 Å². The van der Waals surface area contributed by atoms with Gasteiger partial charge in [0.05, 0.1) is 12.0 Å². The van der Waals surface area contributed by atoms with E-state index in [9.17, 15) is 4.39 Å². The van der Waals surface area contributed by atoms with Crippen LogP contribution in [0.15, 0.2) is 35.3 Å². The predicted molar refractivity (Wildman–Crippen MR) is 98.5 cm³/mol. The van der Waals surface area contributed by atoms with Crippen LogP contribution in [0.2, 0.25) is 5.02 Å². The van der Waals surface area contributed by atoms with Gasteiger partial charge in [-0.05, 0) is 63.1 Å². The maximum absolute atomic E-state index is 13.4. The molecule has 0 aromatic heterocycles. The van der Waals surface area contributed by atoms with Crippen molar-refractivity contribution in [2.24, 2.45) is 4.99 Å². The van der Waals surface area contributed by atoms with Crippen LogP contribution in [0.5, 0.6) is 11.5 Å². The minimum Gasteiger partial charge on any atom is -0.457 e. The molecule has 3 nitrogen and oxygen atoms in total. The molecule has 0 radical (unpaired) electrons. The molecule has 0 saturated heterocycles. The fourth-order valence-electron chi connectivity index (χ4n) is 2.27. The molecule has 128 valence electrons. The van der Waals surface area contributed by atoms with Crippen molar-refractivity contribution in [3.8, 4) is 11.5 Å². The highest BCUT2D eigenvalue weighted by Gasteiger charge is 2.08. The van der Waals surface area contributed by atoms with Crippen molar-refractivity contribution in [2.45, 2.75) is 27.7 Å². The molecule has 0 spiro atoms. The second-order valence-corrected chi connectivity index (χ2v) is 6.01. The van der Waals surface area contributed by atoms with Gasteiger partial charge in [-0.25, -0.2) is 9.38 Å². The lowest BCUT2D eigenvalue weighted by Crippen LogP contribution is -2.20. The average molecular weight is 349 g/mol. The van der Waals surface area contributed by atoms with Gasteiger partial charge in [0.25, 0.3) is 0 Å². The number of rotatable bonds is 6. The van der Waals surface area contributed by atoms with E-state index in [0.29, 0.717) is 16.5 Å². The Hall–Kier alpha value is -2.07. The van der Waals surface area contributed by atoms with Gasteiger partial charge in [0.1, 0.15) is 17.3 Å². The molecule has 0 aliphatic carbocycles. The van der Waals surface area contributed by atoms with E-state index >= 15 is 0 Å². The Labute approximate surface area is 147 Å². The summed E-state index contributed by atoms with van der Waals surface area (Å²) in [5.41, 5.74) is 2.80. The van der Waals surface area contributed by atoms with Crippen LogP contribution in [0.3, 0.4) is 0 Å². The lowest BCUT2D eigenvalue weighted by Gasteiger charge is -2.15. The Morgan fingerprint density at radius 1 is 1.08 bits per heavy atom. The predicted octanol–water partition coefficient (Wildman–Crippen LogP) is 5.89. The molecule has 2 rings (SSSR count). The average Bonchev–Trinajstić information content (AvgIpc) is 2.51. The maximum Gasteiger partial charge on any atom is 0.131 e. The number of ether oxygens (including phenoxy) is 1. The van der Waals surface area contributed by atoms with Crippen molar-refractivity contribution in [1.29, 1.82) is 0 Å². The molecule has 24 heavy (non-hydrogen) atoms. The molecule has 0 heterocycles. The number of nitrogens with zero attached hydrogens (tertiary/aromatic N) is 2. The third kappa shape index (κ3) is 4.71. The molecule has 0 unspecified atom stereocenters. The Bertz CT molecular complexity index is 722. The van der Waals surface area contributed by atoms with Gasteiger partial charge in [-0.3, -0.25) is 0 Å². The third-order valence-corrected chi connectivity index (χ3v) is 3.95. The minimum atomic E-state index is -0.424. The second-order valence-electron chi connectivity index (χ2n) is 5.58. The topological polar surface area (TPSA) is 24.8 Å². The van der Waals surface area contributed by atoms with Crippen molar-refractivity contribution >= 4 is 23.6 Å². The van der Waals surface area contributed by atoms with Gasteiger partial charge in [0, 0.05) is 24.2 Å². The number of hydrogen-bond acceptors (Lipinski definition) is 2. The summed E-state index contributed by atoms with van der Waals surface area (Å²) in [6.45, 7) is 9.92. The summed E-state index contributed by atoms with van der Waals surface area (Å²) in [4.78, 5) is 6.67. The van der Waals surface area contributed by atoms with E-state index in [2.05, 4.69) is 23.7 Å². The zero-order valence-corrected chi connectivity index (χ0v) is 15.2. The first-order valence-corrected chi connectivity index (χ1v) is 8.34. The van der Waals surface area contributed by atoms with Crippen LogP contribution in [0, 0.1) is 19.7 Å². The van der Waals surface area contributed by atoms with Gasteiger partial charge in [0.2, 0.25) is 0 Å². The Morgan fingerprint density at radius 2 is 1.79 bits per heavy atom. The van der Waals surface area contributed by atoms with Crippen molar-refractivity contribution in [3.63, 3.8) is 0 Å². The van der Waals surface area contributed by atoms with Gasteiger partial charge in [0.15, 0.2) is 0 Å².